The number of carbonyl (C=O) groups is 1. The van der Waals surface area contributed by atoms with E-state index < -0.39 is 0 Å². The minimum Gasteiger partial charge on any atom is -0.462 e. The van der Waals surface area contributed by atoms with Gasteiger partial charge in [0, 0.05) is 24.0 Å². The smallest absolute Gasteiger partial charge is 0.348 e. The first-order valence-corrected chi connectivity index (χ1v) is 10.4. The van der Waals surface area contributed by atoms with E-state index in [2.05, 4.69) is 11.0 Å². The van der Waals surface area contributed by atoms with Crippen molar-refractivity contribution in [1.82, 2.24) is 0 Å². The number of halogens is 1. The van der Waals surface area contributed by atoms with E-state index in [1.54, 1.807) is 0 Å². The SMILES string of the molecule is CCOC(=O)c1sc(N2CCOCC2)cc1C(CCN)c1ccc(Cl)cc1. The average Bonchev–Trinajstić information content (AvgIpc) is 3.13. The normalized spacial score (nSPS) is 15.6. The molecule has 2 N–H and O–H groups in total. The van der Waals surface area contributed by atoms with Gasteiger partial charge in [-0.3, -0.25) is 0 Å². The quantitative estimate of drug-likeness (QED) is 0.704. The van der Waals surface area contributed by atoms with E-state index in [4.69, 9.17) is 26.8 Å². The van der Waals surface area contributed by atoms with Crippen LogP contribution in [0.5, 0.6) is 0 Å². The molecule has 146 valence electrons. The number of carbonyl (C=O) groups excluding carboxylic acids is 1. The summed E-state index contributed by atoms with van der Waals surface area (Å²) in [6.07, 6.45) is 0.743. The van der Waals surface area contributed by atoms with Crippen molar-refractivity contribution in [1.29, 1.82) is 0 Å². The molecule has 1 aromatic heterocycles. The van der Waals surface area contributed by atoms with Crippen molar-refractivity contribution in [3.63, 3.8) is 0 Å². The lowest BCUT2D eigenvalue weighted by Crippen LogP contribution is -2.35. The van der Waals surface area contributed by atoms with Crippen LogP contribution in [0.25, 0.3) is 0 Å². The molecule has 1 saturated heterocycles. The van der Waals surface area contributed by atoms with Crippen LogP contribution < -0.4 is 10.6 Å². The van der Waals surface area contributed by atoms with Gasteiger partial charge in [0.25, 0.3) is 0 Å². The number of thiophene rings is 1. The number of hydrogen-bond donors (Lipinski definition) is 1. The highest BCUT2D eigenvalue weighted by molar-refractivity contribution is 7.18. The summed E-state index contributed by atoms with van der Waals surface area (Å²) in [6, 6.07) is 9.88. The first-order chi connectivity index (χ1) is 13.1. The lowest BCUT2D eigenvalue weighted by molar-refractivity contribution is 0.0530. The summed E-state index contributed by atoms with van der Waals surface area (Å²) in [5.41, 5.74) is 7.98. The van der Waals surface area contributed by atoms with E-state index >= 15 is 0 Å². The van der Waals surface area contributed by atoms with E-state index in [1.165, 1.54) is 11.3 Å². The lowest BCUT2D eigenvalue weighted by Gasteiger charge is -2.27. The van der Waals surface area contributed by atoms with Gasteiger partial charge in [-0.1, -0.05) is 23.7 Å². The van der Waals surface area contributed by atoms with Crippen molar-refractivity contribution >= 4 is 33.9 Å². The first-order valence-electron chi connectivity index (χ1n) is 9.23. The van der Waals surface area contributed by atoms with Gasteiger partial charge < -0.3 is 20.1 Å². The molecule has 0 aliphatic carbocycles. The molecule has 1 aliphatic rings. The molecule has 1 aromatic carbocycles. The second kappa shape index (κ2) is 9.55. The maximum absolute atomic E-state index is 12.6. The maximum atomic E-state index is 12.6. The molecule has 27 heavy (non-hydrogen) atoms. The number of morpholine rings is 1. The Balaban J connectivity index is 2.01. The molecule has 1 unspecified atom stereocenters. The van der Waals surface area contributed by atoms with Crippen LogP contribution in [0, 0.1) is 0 Å². The summed E-state index contributed by atoms with van der Waals surface area (Å²) in [6.45, 7) is 5.75. The van der Waals surface area contributed by atoms with Gasteiger partial charge in [-0.05, 0) is 49.2 Å². The van der Waals surface area contributed by atoms with Gasteiger partial charge in [0.2, 0.25) is 0 Å². The van der Waals surface area contributed by atoms with Crippen molar-refractivity contribution in [2.24, 2.45) is 5.73 Å². The van der Waals surface area contributed by atoms with E-state index in [0.29, 0.717) is 36.3 Å². The molecule has 0 amide bonds. The minimum atomic E-state index is -0.270. The number of ether oxygens (including phenoxy) is 2. The van der Waals surface area contributed by atoms with Crippen LogP contribution in [0.1, 0.15) is 40.1 Å². The fourth-order valence-electron chi connectivity index (χ4n) is 3.31. The van der Waals surface area contributed by atoms with Crippen molar-refractivity contribution < 1.29 is 14.3 Å². The molecule has 1 fully saturated rings. The van der Waals surface area contributed by atoms with Gasteiger partial charge in [-0.2, -0.15) is 0 Å². The number of hydrogen-bond acceptors (Lipinski definition) is 6. The molecule has 2 heterocycles. The van der Waals surface area contributed by atoms with E-state index in [-0.39, 0.29) is 11.9 Å². The summed E-state index contributed by atoms with van der Waals surface area (Å²) >= 11 is 7.55. The summed E-state index contributed by atoms with van der Waals surface area (Å²) in [7, 11) is 0. The third kappa shape index (κ3) is 4.82. The number of anilines is 1. The molecule has 1 aliphatic heterocycles. The predicted octanol–water partition coefficient (Wildman–Crippen LogP) is 3.90. The number of esters is 1. The summed E-state index contributed by atoms with van der Waals surface area (Å²) in [4.78, 5) is 15.6. The van der Waals surface area contributed by atoms with Gasteiger partial charge in [-0.15, -0.1) is 11.3 Å². The highest BCUT2D eigenvalue weighted by Gasteiger charge is 2.27. The fourth-order valence-corrected chi connectivity index (χ4v) is 4.60. The average molecular weight is 409 g/mol. The van der Waals surface area contributed by atoms with E-state index in [0.717, 1.165) is 35.6 Å². The summed E-state index contributed by atoms with van der Waals surface area (Å²) in [5.74, 6) is -0.245. The predicted molar refractivity (Wildman–Crippen MR) is 110 cm³/mol. The fraction of sp³-hybridized carbons (Fsp3) is 0.450. The largest absolute Gasteiger partial charge is 0.462 e. The lowest BCUT2D eigenvalue weighted by atomic mass is 9.88. The van der Waals surface area contributed by atoms with Gasteiger partial charge in [0.1, 0.15) is 4.88 Å². The van der Waals surface area contributed by atoms with Crippen molar-refractivity contribution in [2.45, 2.75) is 19.3 Å². The minimum absolute atomic E-state index is 0.0257. The Morgan fingerprint density at radius 1 is 1.33 bits per heavy atom. The highest BCUT2D eigenvalue weighted by Crippen LogP contribution is 2.39. The standard InChI is InChI=1S/C20H25ClN2O3S/c1-2-26-20(24)19-17(13-18(27-19)23-9-11-25-12-10-23)16(7-8-22)14-3-5-15(21)6-4-14/h3-6,13,16H,2,7-12,22H2,1H3. The van der Waals surface area contributed by atoms with Gasteiger partial charge in [0.05, 0.1) is 24.8 Å². The first kappa shape index (κ1) is 20.1. The van der Waals surface area contributed by atoms with Crippen molar-refractivity contribution in [3.05, 3.63) is 51.4 Å². The highest BCUT2D eigenvalue weighted by atomic mass is 35.5. The van der Waals surface area contributed by atoms with Crippen LogP contribution in [0.4, 0.5) is 5.00 Å². The molecule has 1 atom stereocenters. The number of nitrogens with zero attached hydrogens (tertiary/aromatic N) is 1. The Kier molecular flexibility index (Phi) is 7.13. The Morgan fingerprint density at radius 3 is 2.67 bits per heavy atom. The molecule has 0 saturated carbocycles. The van der Waals surface area contributed by atoms with Crippen LogP contribution in [-0.4, -0.2) is 45.4 Å². The third-order valence-electron chi connectivity index (χ3n) is 4.63. The maximum Gasteiger partial charge on any atom is 0.348 e. The van der Waals surface area contributed by atoms with Crippen LogP contribution in [0.2, 0.25) is 5.02 Å². The molecule has 3 rings (SSSR count). The number of rotatable bonds is 7. The molecule has 7 heteroatoms. The summed E-state index contributed by atoms with van der Waals surface area (Å²) in [5, 5.41) is 1.77. The Labute approximate surface area is 169 Å². The van der Waals surface area contributed by atoms with Gasteiger partial charge in [0.15, 0.2) is 0 Å². The van der Waals surface area contributed by atoms with Gasteiger partial charge >= 0.3 is 5.97 Å². The molecule has 0 spiro atoms. The molecule has 0 radical (unpaired) electrons. The van der Waals surface area contributed by atoms with E-state index in [1.807, 2.05) is 31.2 Å². The summed E-state index contributed by atoms with van der Waals surface area (Å²) < 4.78 is 10.8. The third-order valence-corrected chi connectivity index (χ3v) is 6.08. The topological polar surface area (TPSA) is 64.8 Å². The molecule has 2 aromatic rings. The van der Waals surface area contributed by atoms with Crippen LogP contribution in [0.15, 0.2) is 30.3 Å². The van der Waals surface area contributed by atoms with Crippen LogP contribution in [0.3, 0.4) is 0 Å². The second-order valence-electron chi connectivity index (χ2n) is 6.37. The zero-order chi connectivity index (χ0) is 19.2. The molecule has 5 nitrogen and oxygen atoms in total. The molecular weight excluding hydrogens is 384 g/mol. The molecular formula is C20H25ClN2O3S. The number of benzene rings is 1. The molecule has 0 bridgehead atoms. The Morgan fingerprint density at radius 2 is 2.04 bits per heavy atom. The zero-order valence-corrected chi connectivity index (χ0v) is 17.0. The Bertz CT molecular complexity index is 757. The van der Waals surface area contributed by atoms with Crippen molar-refractivity contribution in [3.8, 4) is 0 Å². The van der Waals surface area contributed by atoms with Crippen LogP contribution in [-0.2, 0) is 9.47 Å². The van der Waals surface area contributed by atoms with Gasteiger partial charge in [-0.25, -0.2) is 4.79 Å². The van der Waals surface area contributed by atoms with Crippen LogP contribution >= 0.6 is 22.9 Å². The Hall–Kier alpha value is -1.60. The van der Waals surface area contributed by atoms with Crippen molar-refractivity contribution in [2.75, 3.05) is 44.4 Å². The number of nitrogens with two attached hydrogens (primary N) is 1. The zero-order valence-electron chi connectivity index (χ0n) is 15.4. The second-order valence-corrected chi connectivity index (χ2v) is 7.84. The van der Waals surface area contributed by atoms with E-state index in [9.17, 15) is 4.79 Å². The monoisotopic (exact) mass is 408 g/mol.